The summed E-state index contributed by atoms with van der Waals surface area (Å²) in [5, 5.41) is 4.63. The highest BCUT2D eigenvalue weighted by molar-refractivity contribution is 7.10. The predicted molar refractivity (Wildman–Crippen MR) is 102 cm³/mol. The van der Waals surface area contributed by atoms with E-state index in [1.54, 1.807) is 17.5 Å². The minimum atomic E-state index is -5.15. The lowest BCUT2D eigenvalue weighted by molar-refractivity contribution is -0.171. The Morgan fingerprint density at radius 1 is 1.18 bits per heavy atom. The van der Waals surface area contributed by atoms with Gasteiger partial charge in [0.2, 0.25) is 5.91 Å². The van der Waals surface area contributed by atoms with E-state index in [0.717, 1.165) is 37.0 Å². The van der Waals surface area contributed by atoms with Crippen LogP contribution < -0.4 is 10.2 Å². The zero-order valence-corrected chi connectivity index (χ0v) is 16.3. The van der Waals surface area contributed by atoms with Gasteiger partial charge >= 0.3 is 12.1 Å². The minimum absolute atomic E-state index is 0.0882. The van der Waals surface area contributed by atoms with Crippen LogP contribution in [0.2, 0.25) is 5.02 Å². The van der Waals surface area contributed by atoms with Crippen molar-refractivity contribution in [1.82, 2.24) is 5.32 Å². The maximum atomic E-state index is 13.4. The monoisotopic (exact) mass is 430 g/mol. The molecule has 1 aliphatic carbocycles. The topological polar surface area (TPSA) is 49.4 Å². The molecule has 0 radical (unpaired) electrons. The van der Waals surface area contributed by atoms with Gasteiger partial charge in [-0.05, 0) is 42.5 Å². The second-order valence-electron chi connectivity index (χ2n) is 6.56. The minimum Gasteiger partial charge on any atom is -0.351 e. The Kier molecular flexibility index (Phi) is 6.30. The largest absolute Gasteiger partial charge is 0.471 e. The number of rotatable bonds is 5. The molecule has 3 rings (SSSR count). The quantitative estimate of drug-likeness (QED) is 0.717. The summed E-state index contributed by atoms with van der Waals surface area (Å²) in [6, 6.07) is 7.14. The first kappa shape index (κ1) is 20.7. The number of thiophene rings is 1. The summed E-state index contributed by atoms with van der Waals surface area (Å²) in [4.78, 5) is 26.2. The highest BCUT2D eigenvalue weighted by Gasteiger charge is 2.48. The van der Waals surface area contributed by atoms with Gasteiger partial charge in [-0.25, -0.2) is 0 Å². The first-order chi connectivity index (χ1) is 13.3. The molecule has 4 nitrogen and oxygen atoms in total. The van der Waals surface area contributed by atoms with Crippen LogP contribution in [0.1, 0.15) is 36.6 Å². The van der Waals surface area contributed by atoms with Crippen molar-refractivity contribution in [2.24, 2.45) is 0 Å². The van der Waals surface area contributed by atoms with Crippen molar-refractivity contribution < 1.29 is 22.8 Å². The van der Waals surface area contributed by atoms with E-state index in [9.17, 15) is 22.8 Å². The van der Waals surface area contributed by atoms with Crippen LogP contribution in [0.25, 0.3) is 0 Å². The molecular formula is C19H18ClF3N2O2S. The highest BCUT2D eigenvalue weighted by atomic mass is 35.5. The molecule has 0 spiro atoms. The Morgan fingerprint density at radius 2 is 1.89 bits per heavy atom. The SMILES string of the molecule is O=C(NC1CCCC1)[C@H](c1cccs1)N(C(=O)C(F)(F)F)c1cccc(Cl)c1. The number of hydrogen-bond acceptors (Lipinski definition) is 3. The van der Waals surface area contributed by atoms with E-state index in [1.807, 2.05) is 0 Å². The summed E-state index contributed by atoms with van der Waals surface area (Å²) < 4.78 is 40.2. The molecule has 0 aliphatic heterocycles. The molecule has 2 amide bonds. The third-order valence-corrected chi connectivity index (χ3v) is 5.73. The number of benzene rings is 1. The average Bonchev–Trinajstić information content (AvgIpc) is 3.32. The first-order valence-electron chi connectivity index (χ1n) is 8.77. The second kappa shape index (κ2) is 8.53. The Bertz CT molecular complexity index is 836. The number of alkyl halides is 3. The Hall–Kier alpha value is -2.06. The van der Waals surface area contributed by atoms with Crippen LogP contribution in [0.5, 0.6) is 0 Å². The van der Waals surface area contributed by atoms with Crippen molar-refractivity contribution in [3.63, 3.8) is 0 Å². The van der Waals surface area contributed by atoms with Gasteiger partial charge in [0.05, 0.1) is 0 Å². The third kappa shape index (κ3) is 4.67. The number of nitrogens with one attached hydrogen (secondary N) is 1. The fraction of sp³-hybridized carbons (Fsp3) is 0.368. The standard InChI is InChI=1S/C19H18ClF3N2O2S/c20-12-5-3-8-14(11-12)25(18(27)19(21,22)23)16(15-9-4-10-28-15)17(26)24-13-6-1-2-7-13/h3-5,8-11,13,16H,1-2,6-7H2,(H,24,26)/t16-/m0/s1. The van der Waals surface area contributed by atoms with E-state index < -0.39 is 24.0 Å². The van der Waals surface area contributed by atoms with Crippen molar-refractivity contribution in [3.05, 3.63) is 51.7 Å². The van der Waals surface area contributed by atoms with Crippen molar-refractivity contribution in [1.29, 1.82) is 0 Å². The summed E-state index contributed by atoms with van der Waals surface area (Å²) in [5.41, 5.74) is -0.0882. The van der Waals surface area contributed by atoms with E-state index >= 15 is 0 Å². The number of hydrogen-bond donors (Lipinski definition) is 1. The smallest absolute Gasteiger partial charge is 0.351 e. The number of anilines is 1. The van der Waals surface area contributed by atoms with E-state index in [-0.39, 0.29) is 16.8 Å². The number of halogens is 4. The molecular weight excluding hydrogens is 413 g/mol. The summed E-state index contributed by atoms with van der Waals surface area (Å²) in [7, 11) is 0. The second-order valence-corrected chi connectivity index (χ2v) is 7.98. The lowest BCUT2D eigenvalue weighted by Gasteiger charge is -2.32. The third-order valence-electron chi connectivity index (χ3n) is 4.57. The molecule has 0 saturated heterocycles. The normalized spacial score (nSPS) is 16.0. The molecule has 2 aromatic rings. The molecule has 0 unspecified atom stereocenters. The zero-order chi connectivity index (χ0) is 20.3. The van der Waals surface area contributed by atoms with E-state index in [1.165, 1.54) is 24.3 Å². The van der Waals surface area contributed by atoms with Crippen molar-refractivity contribution in [3.8, 4) is 0 Å². The van der Waals surface area contributed by atoms with Gasteiger partial charge in [-0.15, -0.1) is 11.3 Å². The van der Waals surface area contributed by atoms with Crippen LogP contribution in [0.15, 0.2) is 41.8 Å². The molecule has 150 valence electrons. The van der Waals surface area contributed by atoms with Crippen molar-refractivity contribution in [2.75, 3.05) is 4.90 Å². The molecule has 1 fully saturated rings. The van der Waals surface area contributed by atoms with Gasteiger partial charge in [-0.2, -0.15) is 13.2 Å². The summed E-state index contributed by atoms with van der Waals surface area (Å²) in [6.07, 6.45) is -1.70. The van der Waals surface area contributed by atoms with E-state index in [2.05, 4.69) is 5.32 Å². The van der Waals surface area contributed by atoms with Crippen LogP contribution in [-0.4, -0.2) is 24.0 Å². The molecule has 1 atom stereocenters. The lowest BCUT2D eigenvalue weighted by atomic mass is 10.1. The highest BCUT2D eigenvalue weighted by Crippen LogP contribution is 2.35. The van der Waals surface area contributed by atoms with E-state index in [4.69, 9.17) is 11.6 Å². The van der Waals surface area contributed by atoms with Gasteiger partial charge in [0.15, 0.2) is 6.04 Å². The Morgan fingerprint density at radius 3 is 2.46 bits per heavy atom. The fourth-order valence-electron chi connectivity index (χ4n) is 3.32. The fourth-order valence-corrected chi connectivity index (χ4v) is 4.31. The number of nitrogens with zero attached hydrogens (tertiary/aromatic N) is 1. The number of carbonyl (C=O) groups excluding carboxylic acids is 2. The number of amides is 2. The molecule has 28 heavy (non-hydrogen) atoms. The van der Waals surface area contributed by atoms with Crippen LogP contribution in [0, 0.1) is 0 Å². The van der Waals surface area contributed by atoms with Crippen LogP contribution in [0.3, 0.4) is 0 Å². The molecule has 9 heteroatoms. The molecule has 1 heterocycles. The maximum absolute atomic E-state index is 13.4. The van der Waals surface area contributed by atoms with Gasteiger partial charge in [0, 0.05) is 21.6 Å². The molecule has 1 N–H and O–H groups in total. The summed E-state index contributed by atoms with van der Waals surface area (Å²) in [6.45, 7) is 0. The first-order valence-corrected chi connectivity index (χ1v) is 10.0. The number of carbonyl (C=O) groups is 2. The van der Waals surface area contributed by atoms with Crippen molar-refractivity contribution >= 4 is 40.4 Å². The molecule has 1 aromatic carbocycles. The van der Waals surface area contributed by atoms with Crippen LogP contribution >= 0.6 is 22.9 Å². The lowest BCUT2D eigenvalue weighted by Crippen LogP contribution is -2.50. The van der Waals surface area contributed by atoms with Gasteiger partial charge in [0.1, 0.15) is 0 Å². The maximum Gasteiger partial charge on any atom is 0.471 e. The Labute approximate surface area is 169 Å². The van der Waals surface area contributed by atoms with Gasteiger partial charge < -0.3 is 5.32 Å². The van der Waals surface area contributed by atoms with Crippen LogP contribution in [-0.2, 0) is 9.59 Å². The summed E-state index contributed by atoms with van der Waals surface area (Å²) in [5.74, 6) is -2.75. The van der Waals surface area contributed by atoms with E-state index in [0.29, 0.717) is 9.78 Å². The summed E-state index contributed by atoms with van der Waals surface area (Å²) >= 11 is 7.05. The molecule has 1 aromatic heterocycles. The molecule has 1 saturated carbocycles. The van der Waals surface area contributed by atoms with Gasteiger partial charge in [-0.1, -0.05) is 36.6 Å². The Balaban J connectivity index is 2.05. The van der Waals surface area contributed by atoms with Crippen molar-refractivity contribution in [2.45, 2.75) is 43.9 Å². The molecule has 1 aliphatic rings. The zero-order valence-electron chi connectivity index (χ0n) is 14.7. The average molecular weight is 431 g/mol. The van der Waals surface area contributed by atoms with Gasteiger partial charge in [0.25, 0.3) is 0 Å². The van der Waals surface area contributed by atoms with Crippen LogP contribution in [0.4, 0.5) is 18.9 Å². The van der Waals surface area contributed by atoms with Gasteiger partial charge in [-0.3, -0.25) is 14.5 Å². The molecule has 0 bridgehead atoms. The predicted octanol–water partition coefficient (Wildman–Crippen LogP) is 5.10.